The fraction of sp³-hybridized carbons (Fsp3) is 0.526. The van der Waals surface area contributed by atoms with Gasteiger partial charge in [0.1, 0.15) is 11.9 Å². The Balaban J connectivity index is 1.43. The molecule has 2 fully saturated rings. The maximum absolute atomic E-state index is 12.8. The van der Waals surface area contributed by atoms with E-state index < -0.39 is 0 Å². The molecule has 2 atom stereocenters. The summed E-state index contributed by atoms with van der Waals surface area (Å²) in [6.45, 7) is 4.57. The van der Waals surface area contributed by atoms with Crippen molar-refractivity contribution in [2.24, 2.45) is 0 Å². The van der Waals surface area contributed by atoms with Crippen LogP contribution in [0.5, 0.6) is 0 Å². The normalized spacial score (nSPS) is 23.2. The summed E-state index contributed by atoms with van der Waals surface area (Å²) >= 11 is 0. The molecule has 8 heteroatoms. The van der Waals surface area contributed by atoms with Gasteiger partial charge in [-0.2, -0.15) is 5.10 Å². The fourth-order valence-electron chi connectivity index (χ4n) is 3.63. The molecule has 2 aromatic heterocycles. The number of aromatic nitrogens is 3. The molecular weight excluding hydrogens is 344 g/mol. The number of aryl methyl sites for hydroxylation is 1. The molecule has 4 rings (SSSR count). The Morgan fingerprint density at radius 3 is 3.04 bits per heavy atom. The van der Waals surface area contributed by atoms with Gasteiger partial charge in [-0.1, -0.05) is 12.5 Å². The first kappa shape index (κ1) is 17.9. The zero-order chi connectivity index (χ0) is 18.6. The standard InChI is InChI=1S/C19H26N6O2/c1-13-11-18(24-23-13)22-17-7-4-6-14(21-17)16-12-25(9-10-27-16)19(26)15-5-2-3-8-20-15/h4,6-7,11,15-16,20H,2-3,5,8-10,12H2,1H3,(H2,21,22,23,24)/t15-,16-/m0/s1. The first-order valence-corrected chi connectivity index (χ1v) is 9.59. The van der Waals surface area contributed by atoms with Crippen LogP contribution < -0.4 is 10.6 Å². The smallest absolute Gasteiger partial charge is 0.239 e. The van der Waals surface area contributed by atoms with Crippen molar-refractivity contribution in [2.75, 3.05) is 31.6 Å². The van der Waals surface area contributed by atoms with E-state index in [9.17, 15) is 4.79 Å². The average Bonchev–Trinajstić information content (AvgIpc) is 3.13. The van der Waals surface area contributed by atoms with Crippen LogP contribution in [0.25, 0.3) is 0 Å². The Kier molecular flexibility index (Phi) is 5.35. The van der Waals surface area contributed by atoms with Gasteiger partial charge in [-0.05, 0) is 38.4 Å². The van der Waals surface area contributed by atoms with Crippen molar-refractivity contribution >= 4 is 17.5 Å². The van der Waals surface area contributed by atoms with Gasteiger partial charge in [0.05, 0.1) is 24.9 Å². The molecule has 2 aromatic rings. The van der Waals surface area contributed by atoms with Gasteiger partial charge in [0, 0.05) is 18.3 Å². The van der Waals surface area contributed by atoms with E-state index in [0.29, 0.717) is 25.5 Å². The molecule has 0 unspecified atom stereocenters. The summed E-state index contributed by atoms with van der Waals surface area (Å²) in [5.41, 5.74) is 1.80. The van der Waals surface area contributed by atoms with Gasteiger partial charge in [-0.15, -0.1) is 0 Å². The molecule has 0 aliphatic carbocycles. The Morgan fingerprint density at radius 2 is 2.26 bits per heavy atom. The first-order valence-electron chi connectivity index (χ1n) is 9.59. The third-order valence-electron chi connectivity index (χ3n) is 5.05. The highest BCUT2D eigenvalue weighted by atomic mass is 16.5. The van der Waals surface area contributed by atoms with E-state index in [0.717, 1.165) is 43.0 Å². The molecular formula is C19H26N6O2. The molecule has 0 radical (unpaired) electrons. The minimum atomic E-state index is -0.214. The number of hydrogen-bond donors (Lipinski definition) is 3. The summed E-state index contributed by atoms with van der Waals surface area (Å²) in [5, 5.41) is 13.6. The second kappa shape index (κ2) is 8.06. The number of pyridine rings is 1. The number of carbonyl (C=O) groups excluding carboxylic acids is 1. The van der Waals surface area contributed by atoms with E-state index >= 15 is 0 Å². The number of hydrogen-bond acceptors (Lipinski definition) is 6. The van der Waals surface area contributed by atoms with Crippen molar-refractivity contribution in [3.63, 3.8) is 0 Å². The number of H-pyrrole nitrogens is 1. The summed E-state index contributed by atoms with van der Waals surface area (Å²) in [6.07, 6.45) is 2.96. The Bertz CT molecular complexity index is 786. The van der Waals surface area contributed by atoms with Crippen molar-refractivity contribution in [3.8, 4) is 0 Å². The van der Waals surface area contributed by atoms with Gasteiger partial charge in [-0.25, -0.2) is 4.98 Å². The number of rotatable bonds is 4. The van der Waals surface area contributed by atoms with Crippen LogP contribution in [-0.2, 0) is 9.53 Å². The van der Waals surface area contributed by atoms with Crippen LogP contribution in [0.1, 0.15) is 36.8 Å². The Hall–Kier alpha value is -2.45. The number of aromatic amines is 1. The van der Waals surface area contributed by atoms with Gasteiger partial charge in [0.15, 0.2) is 5.82 Å². The lowest BCUT2D eigenvalue weighted by Crippen LogP contribution is -2.52. The van der Waals surface area contributed by atoms with Crippen molar-refractivity contribution in [2.45, 2.75) is 38.3 Å². The molecule has 0 saturated carbocycles. The molecule has 0 spiro atoms. The second-order valence-electron chi connectivity index (χ2n) is 7.16. The summed E-state index contributed by atoms with van der Waals surface area (Å²) in [4.78, 5) is 19.4. The monoisotopic (exact) mass is 370 g/mol. The van der Waals surface area contributed by atoms with Crippen LogP contribution >= 0.6 is 0 Å². The van der Waals surface area contributed by atoms with Gasteiger partial charge < -0.3 is 20.3 Å². The lowest BCUT2D eigenvalue weighted by Gasteiger charge is -2.36. The highest BCUT2D eigenvalue weighted by molar-refractivity contribution is 5.82. The van der Waals surface area contributed by atoms with E-state index in [-0.39, 0.29) is 18.1 Å². The van der Waals surface area contributed by atoms with E-state index in [1.807, 2.05) is 36.1 Å². The number of amides is 1. The lowest BCUT2D eigenvalue weighted by atomic mass is 10.0. The molecule has 27 heavy (non-hydrogen) atoms. The number of piperidine rings is 1. The van der Waals surface area contributed by atoms with Crippen LogP contribution in [0.2, 0.25) is 0 Å². The molecule has 2 saturated heterocycles. The first-order chi connectivity index (χ1) is 13.2. The maximum Gasteiger partial charge on any atom is 0.239 e. The molecule has 0 bridgehead atoms. The molecule has 8 nitrogen and oxygen atoms in total. The van der Waals surface area contributed by atoms with Crippen LogP contribution in [0.3, 0.4) is 0 Å². The van der Waals surface area contributed by atoms with Crippen molar-refractivity contribution in [1.29, 1.82) is 0 Å². The summed E-state index contributed by atoms with van der Waals surface area (Å²) in [6, 6.07) is 7.64. The van der Waals surface area contributed by atoms with Crippen LogP contribution in [0.15, 0.2) is 24.3 Å². The Labute approximate surface area is 158 Å². The minimum Gasteiger partial charge on any atom is -0.368 e. The van der Waals surface area contributed by atoms with Gasteiger partial charge in [0.2, 0.25) is 5.91 Å². The highest BCUT2D eigenvalue weighted by Gasteiger charge is 2.31. The number of morpholine rings is 1. The molecule has 2 aliphatic rings. The highest BCUT2D eigenvalue weighted by Crippen LogP contribution is 2.24. The SMILES string of the molecule is Cc1cc(Nc2cccc([C@@H]3CN(C(=O)[C@@H]4CCCCN4)CCO3)n2)n[nH]1. The van der Waals surface area contributed by atoms with Crippen LogP contribution in [0.4, 0.5) is 11.6 Å². The van der Waals surface area contributed by atoms with Crippen molar-refractivity contribution in [1.82, 2.24) is 25.4 Å². The van der Waals surface area contributed by atoms with E-state index in [4.69, 9.17) is 4.74 Å². The van der Waals surface area contributed by atoms with Gasteiger partial charge >= 0.3 is 0 Å². The molecule has 2 aliphatic heterocycles. The van der Waals surface area contributed by atoms with E-state index in [2.05, 4.69) is 25.8 Å². The quantitative estimate of drug-likeness (QED) is 0.761. The minimum absolute atomic E-state index is 0.0543. The summed E-state index contributed by atoms with van der Waals surface area (Å²) < 4.78 is 5.91. The van der Waals surface area contributed by atoms with Crippen molar-refractivity contribution in [3.05, 3.63) is 35.7 Å². The topological polar surface area (TPSA) is 95.2 Å². The van der Waals surface area contributed by atoms with Crippen molar-refractivity contribution < 1.29 is 9.53 Å². The predicted octanol–water partition coefficient (Wildman–Crippen LogP) is 1.90. The fourth-order valence-corrected chi connectivity index (χ4v) is 3.63. The largest absolute Gasteiger partial charge is 0.368 e. The van der Waals surface area contributed by atoms with E-state index in [1.54, 1.807) is 0 Å². The molecule has 144 valence electrons. The summed E-state index contributed by atoms with van der Waals surface area (Å²) in [5.74, 6) is 1.62. The summed E-state index contributed by atoms with van der Waals surface area (Å²) in [7, 11) is 0. The van der Waals surface area contributed by atoms with E-state index in [1.165, 1.54) is 0 Å². The van der Waals surface area contributed by atoms with Gasteiger partial charge in [-0.3, -0.25) is 9.89 Å². The molecule has 0 aromatic carbocycles. The molecule has 4 heterocycles. The van der Waals surface area contributed by atoms with Crippen LogP contribution in [0, 0.1) is 6.92 Å². The number of carbonyl (C=O) groups is 1. The Morgan fingerprint density at radius 1 is 1.33 bits per heavy atom. The third-order valence-corrected chi connectivity index (χ3v) is 5.05. The predicted molar refractivity (Wildman–Crippen MR) is 102 cm³/mol. The van der Waals surface area contributed by atoms with Gasteiger partial charge in [0.25, 0.3) is 0 Å². The number of ether oxygens (including phenoxy) is 1. The third kappa shape index (κ3) is 4.28. The zero-order valence-corrected chi connectivity index (χ0v) is 15.6. The number of nitrogens with zero attached hydrogens (tertiary/aromatic N) is 3. The zero-order valence-electron chi connectivity index (χ0n) is 15.6. The lowest BCUT2D eigenvalue weighted by molar-refractivity contribution is -0.142. The van der Waals surface area contributed by atoms with Crippen LogP contribution in [-0.4, -0.2) is 58.3 Å². The average molecular weight is 370 g/mol. The molecule has 3 N–H and O–H groups in total. The maximum atomic E-state index is 12.8. The second-order valence-corrected chi connectivity index (χ2v) is 7.16. The molecule has 1 amide bonds. The number of nitrogens with one attached hydrogen (secondary N) is 3. The number of anilines is 2.